The maximum Gasteiger partial charge on any atom is 0.338 e. The lowest BCUT2D eigenvalue weighted by atomic mass is 10.2. The topological polar surface area (TPSA) is 128 Å². The Morgan fingerprint density at radius 2 is 1.74 bits per heavy atom. The molecule has 0 bridgehead atoms. The summed E-state index contributed by atoms with van der Waals surface area (Å²) < 4.78 is 12.9. The van der Waals surface area contributed by atoms with Gasteiger partial charge in [0.05, 0.1) is 18.0 Å². The van der Waals surface area contributed by atoms with E-state index in [1.165, 1.54) is 12.7 Å². The van der Waals surface area contributed by atoms with Gasteiger partial charge < -0.3 is 19.9 Å². The van der Waals surface area contributed by atoms with Gasteiger partial charge in [-0.05, 0) is 24.3 Å². The number of amides is 1. The van der Waals surface area contributed by atoms with Crippen molar-refractivity contribution in [3.8, 4) is 0 Å². The summed E-state index contributed by atoms with van der Waals surface area (Å²) in [6.07, 6.45) is 0.987. The second-order valence-electron chi connectivity index (χ2n) is 7.76. The quantitative estimate of drug-likeness (QED) is 0.421. The smallest absolute Gasteiger partial charge is 0.338 e. The number of anilines is 1. The third-order valence-electron chi connectivity index (χ3n) is 5.53. The van der Waals surface area contributed by atoms with Crippen molar-refractivity contribution in [2.75, 3.05) is 11.9 Å². The highest BCUT2D eigenvalue weighted by Gasteiger charge is 2.37. The number of aliphatic hydroxyl groups excluding tert-OH is 1. The Morgan fingerprint density at radius 1 is 1.03 bits per heavy atom. The van der Waals surface area contributed by atoms with Crippen LogP contribution in [0.2, 0.25) is 0 Å². The van der Waals surface area contributed by atoms with Gasteiger partial charge in [-0.2, -0.15) is 0 Å². The summed E-state index contributed by atoms with van der Waals surface area (Å²) >= 11 is 0. The first-order chi connectivity index (χ1) is 16.6. The van der Waals surface area contributed by atoms with E-state index in [2.05, 4.69) is 20.3 Å². The van der Waals surface area contributed by atoms with Gasteiger partial charge >= 0.3 is 5.97 Å². The number of carbonyl (C=O) groups excluding carboxylic acids is 2. The minimum Gasteiger partial charge on any atom is -0.459 e. The molecule has 1 aliphatic rings. The summed E-state index contributed by atoms with van der Waals surface area (Å²) in [5.41, 5.74) is 1.75. The summed E-state index contributed by atoms with van der Waals surface area (Å²) in [5.74, 6) is -0.535. The molecule has 1 amide bonds. The molecule has 10 heteroatoms. The molecule has 1 aliphatic heterocycles. The van der Waals surface area contributed by atoms with Gasteiger partial charge in [-0.25, -0.2) is 19.7 Å². The molecule has 3 heterocycles. The number of nitrogens with zero attached hydrogens (tertiary/aromatic N) is 4. The second kappa shape index (κ2) is 9.38. The number of hydrogen-bond donors (Lipinski definition) is 2. The van der Waals surface area contributed by atoms with Crippen molar-refractivity contribution in [1.29, 1.82) is 0 Å². The number of hydrogen-bond acceptors (Lipinski definition) is 8. The maximum absolute atomic E-state index is 12.5. The molecule has 2 aromatic carbocycles. The number of fused-ring (bicyclic) bond motifs is 1. The van der Waals surface area contributed by atoms with E-state index in [0.29, 0.717) is 22.3 Å². The minimum atomic E-state index is -0.842. The van der Waals surface area contributed by atoms with Crippen LogP contribution in [0.4, 0.5) is 5.82 Å². The standard InChI is InChI=1S/C24H21N5O5/c30-17-11-19(34-18(17)12-33-24(32)16-9-5-2-6-10-16)29-14-27-20-21(25-13-26-22(20)29)28-23(31)15-7-3-1-4-8-15/h1-10,13-14,17-19,30H,11-12H2,(H,25,26,28,31)/t17-,18-,19-/m1/s1. The molecule has 2 aromatic heterocycles. The molecule has 34 heavy (non-hydrogen) atoms. The third-order valence-corrected chi connectivity index (χ3v) is 5.53. The van der Waals surface area contributed by atoms with Gasteiger partial charge in [0, 0.05) is 12.0 Å². The lowest BCUT2D eigenvalue weighted by Crippen LogP contribution is -2.28. The zero-order valence-corrected chi connectivity index (χ0v) is 17.9. The molecular formula is C24H21N5O5. The molecule has 0 radical (unpaired) electrons. The normalized spacial score (nSPS) is 19.7. The highest BCUT2D eigenvalue weighted by Crippen LogP contribution is 2.32. The first-order valence-electron chi connectivity index (χ1n) is 10.7. The van der Waals surface area contributed by atoms with Gasteiger partial charge in [0.25, 0.3) is 5.91 Å². The van der Waals surface area contributed by atoms with Gasteiger partial charge in [-0.15, -0.1) is 0 Å². The molecular weight excluding hydrogens is 438 g/mol. The highest BCUT2D eigenvalue weighted by molar-refractivity contribution is 6.06. The summed E-state index contributed by atoms with van der Waals surface area (Å²) in [6, 6.07) is 17.4. The summed E-state index contributed by atoms with van der Waals surface area (Å²) in [4.78, 5) is 37.5. The fraction of sp³-hybridized carbons (Fsp3) is 0.208. The van der Waals surface area contributed by atoms with Crippen LogP contribution in [0.25, 0.3) is 11.2 Å². The van der Waals surface area contributed by atoms with E-state index < -0.39 is 24.4 Å². The van der Waals surface area contributed by atoms with Crippen LogP contribution in [-0.4, -0.2) is 55.3 Å². The number of aromatic nitrogens is 4. The number of rotatable bonds is 6. The molecule has 0 spiro atoms. The molecule has 172 valence electrons. The predicted octanol–water partition coefficient (Wildman–Crippen LogP) is 2.58. The van der Waals surface area contributed by atoms with Crippen LogP contribution >= 0.6 is 0 Å². The van der Waals surface area contributed by atoms with Crippen molar-refractivity contribution in [3.05, 3.63) is 84.4 Å². The number of nitrogens with one attached hydrogen (secondary N) is 1. The Bertz CT molecular complexity index is 1310. The fourth-order valence-corrected chi connectivity index (χ4v) is 3.77. The van der Waals surface area contributed by atoms with Crippen molar-refractivity contribution >= 4 is 28.9 Å². The molecule has 3 atom stereocenters. The largest absolute Gasteiger partial charge is 0.459 e. The van der Waals surface area contributed by atoms with Crippen LogP contribution < -0.4 is 5.32 Å². The predicted molar refractivity (Wildman–Crippen MR) is 121 cm³/mol. The van der Waals surface area contributed by atoms with Gasteiger partial charge in [-0.1, -0.05) is 36.4 Å². The lowest BCUT2D eigenvalue weighted by Gasteiger charge is -2.16. The van der Waals surface area contributed by atoms with E-state index in [4.69, 9.17) is 9.47 Å². The van der Waals surface area contributed by atoms with E-state index >= 15 is 0 Å². The molecule has 2 N–H and O–H groups in total. The average Bonchev–Trinajstić information content (AvgIpc) is 3.47. The van der Waals surface area contributed by atoms with Crippen molar-refractivity contribution in [3.63, 3.8) is 0 Å². The molecule has 5 rings (SSSR count). The van der Waals surface area contributed by atoms with Gasteiger partial charge in [0.15, 0.2) is 17.0 Å². The summed E-state index contributed by atoms with van der Waals surface area (Å²) in [7, 11) is 0. The van der Waals surface area contributed by atoms with E-state index in [1.54, 1.807) is 53.1 Å². The first-order valence-corrected chi connectivity index (χ1v) is 10.7. The number of benzene rings is 2. The zero-order chi connectivity index (χ0) is 23.5. The van der Waals surface area contributed by atoms with Crippen LogP contribution in [-0.2, 0) is 9.47 Å². The van der Waals surface area contributed by atoms with Gasteiger partial charge in [0.1, 0.15) is 25.3 Å². The Kier molecular flexibility index (Phi) is 5.98. The Hall–Kier alpha value is -4.15. The van der Waals surface area contributed by atoms with Crippen molar-refractivity contribution in [2.45, 2.75) is 24.9 Å². The van der Waals surface area contributed by atoms with Crippen molar-refractivity contribution < 1.29 is 24.2 Å². The second-order valence-corrected chi connectivity index (χ2v) is 7.76. The van der Waals surface area contributed by atoms with E-state index in [-0.39, 0.29) is 24.8 Å². The van der Waals surface area contributed by atoms with Crippen LogP contribution in [0.5, 0.6) is 0 Å². The Labute approximate surface area is 194 Å². The first kappa shape index (κ1) is 21.7. The maximum atomic E-state index is 12.5. The SMILES string of the molecule is O=C(Nc1ncnc2c1ncn2[C@H]1C[C@@H](O)[C@@H](COC(=O)c2ccccc2)O1)c1ccccc1. The highest BCUT2D eigenvalue weighted by atomic mass is 16.6. The Balaban J connectivity index is 1.29. The monoisotopic (exact) mass is 459 g/mol. The molecule has 0 unspecified atom stereocenters. The van der Waals surface area contributed by atoms with Crippen molar-refractivity contribution in [1.82, 2.24) is 19.5 Å². The number of ether oxygens (including phenoxy) is 2. The Morgan fingerprint density at radius 3 is 2.47 bits per heavy atom. The van der Waals surface area contributed by atoms with E-state index in [9.17, 15) is 14.7 Å². The minimum absolute atomic E-state index is 0.0919. The fourth-order valence-electron chi connectivity index (χ4n) is 3.77. The third kappa shape index (κ3) is 4.36. The summed E-state index contributed by atoms with van der Waals surface area (Å²) in [5, 5.41) is 13.2. The van der Waals surface area contributed by atoms with Crippen LogP contribution in [0.1, 0.15) is 33.4 Å². The van der Waals surface area contributed by atoms with Crippen LogP contribution in [0.3, 0.4) is 0 Å². The van der Waals surface area contributed by atoms with Gasteiger partial charge in [0.2, 0.25) is 0 Å². The number of aliphatic hydroxyl groups is 1. The molecule has 0 aliphatic carbocycles. The molecule has 4 aromatic rings. The van der Waals surface area contributed by atoms with Crippen molar-refractivity contribution in [2.24, 2.45) is 0 Å². The van der Waals surface area contributed by atoms with E-state index in [0.717, 1.165) is 0 Å². The number of carbonyl (C=O) groups is 2. The van der Waals surface area contributed by atoms with Gasteiger partial charge in [-0.3, -0.25) is 9.36 Å². The van der Waals surface area contributed by atoms with E-state index in [1.807, 2.05) is 12.1 Å². The van der Waals surface area contributed by atoms with Crippen LogP contribution in [0.15, 0.2) is 73.3 Å². The summed E-state index contributed by atoms with van der Waals surface area (Å²) in [6.45, 7) is -0.0919. The molecule has 1 saturated heterocycles. The molecule has 0 saturated carbocycles. The number of esters is 1. The number of imidazole rings is 1. The lowest BCUT2D eigenvalue weighted by molar-refractivity contribution is -0.0509. The molecule has 1 fully saturated rings. The van der Waals surface area contributed by atoms with Crippen LogP contribution in [0, 0.1) is 0 Å². The molecule has 10 nitrogen and oxygen atoms in total. The zero-order valence-electron chi connectivity index (χ0n) is 17.9. The average molecular weight is 459 g/mol.